The van der Waals surface area contributed by atoms with E-state index in [0.29, 0.717) is 39.3 Å². The molecule has 0 spiro atoms. The van der Waals surface area contributed by atoms with Gasteiger partial charge in [-0.2, -0.15) is 0 Å². The number of aromatic nitrogens is 4. The van der Waals surface area contributed by atoms with Crippen molar-refractivity contribution in [2.24, 2.45) is 0 Å². The first-order valence-corrected chi connectivity index (χ1v) is 11.0. The molecule has 0 N–H and O–H groups in total. The highest BCUT2D eigenvalue weighted by Gasteiger charge is 2.38. The SMILES string of the molecule is O=c1oc2ccccc2c2c1C(c1ccccc1F)c1c(ncn3nc(-c4ccccc4)nc13)O2. The van der Waals surface area contributed by atoms with E-state index in [4.69, 9.17) is 14.1 Å². The molecule has 0 amide bonds. The zero-order chi connectivity index (χ0) is 23.5. The zero-order valence-electron chi connectivity index (χ0n) is 18.1. The number of hydrogen-bond acceptors (Lipinski definition) is 6. The summed E-state index contributed by atoms with van der Waals surface area (Å²) < 4.78 is 28.6. The van der Waals surface area contributed by atoms with Crippen LogP contribution in [0.15, 0.2) is 94.4 Å². The number of rotatable bonds is 2. The van der Waals surface area contributed by atoms with E-state index in [2.05, 4.69) is 10.1 Å². The number of ether oxygens (including phenoxy) is 1. The third-order valence-corrected chi connectivity index (χ3v) is 6.21. The lowest BCUT2D eigenvalue weighted by Gasteiger charge is -2.27. The van der Waals surface area contributed by atoms with E-state index in [0.717, 1.165) is 5.56 Å². The van der Waals surface area contributed by atoms with Gasteiger partial charge in [0.05, 0.1) is 22.4 Å². The Labute approximate surface area is 197 Å². The van der Waals surface area contributed by atoms with Crippen molar-refractivity contribution in [1.82, 2.24) is 19.6 Å². The first-order valence-electron chi connectivity index (χ1n) is 11.0. The van der Waals surface area contributed by atoms with E-state index in [-0.39, 0.29) is 11.4 Å². The molecule has 0 radical (unpaired) electrons. The topological polar surface area (TPSA) is 82.5 Å². The summed E-state index contributed by atoms with van der Waals surface area (Å²) in [7, 11) is 0. The summed E-state index contributed by atoms with van der Waals surface area (Å²) in [5.41, 5.74) is 1.93. The maximum Gasteiger partial charge on any atom is 0.344 e. The highest BCUT2D eigenvalue weighted by Crippen LogP contribution is 2.49. The van der Waals surface area contributed by atoms with Gasteiger partial charge in [0.1, 0.15) is 17.7 Å². The summed E-state index contributed by atoms with van der Waals surface area (Å²) in [6, 6.07) is 22.9. The van der Waals surface area contributed by atoms with Crippen molar-refractivity contribution in [2.45, 2.75) is 5.92 Å². The molecule has 1 atom stereocenters. The number of hydrogen-bond donors (Lipinski definition) is 0. The van der Waals surface area contributed by atoms with Crippen LogP contribution in [0.2, 0.25) is 0 Å². The lowest BCUT2D eigenvalue weighted by Crippen LogP contribution is -2.23. The largest absolute Gasteiger partial charge is 0.437 e. The van der Waals surface area contributed by atoms with Gasteiger partial charge in [-0.3, -0.25) is 0 Å². The Hall–Kier alpha value is -4.85. The molecule has 1 aliphatic heterocycles. The van der Waals surface area contributed by atoms with Crippen molar-refractivity contribution in [3.63, 3.8) is 0 Å². The van der Waals surface area contributed by atoms with Gasteiger partial charge in [-0.05, 0) is 18.2 Å². The fraction of sp³-hybridized carbons (Fsp3) is 0.0370. The quantitative estimate of drug-likeness (QED) is 0.323. The highest BCUT2D eigenvalue weighted by molar-refractivity contribution is 5.87. The van der Waals surface area contributed by atoms with Gasteiger partial charge in [-0.15, -0.1) is 5.10 Å². The Bertz CT molecular complexity index is 1830. The molecular weight excluding hydrogens is 447 g/mol. The lowest BCUT2D eigenvalue weighted by atomic mass is 9.84. The minimum Gasteiger partial charge on any atom is -0.437 e. The van der Waals surface area contributed by atoms with Crippen LogP contribution in [0.5, 0.6) is 11.6 Å². The summed E-state index contributed by atoms with van der Waals surface area (Å²) in [4.78, 5) is 22.5. The Kier molecular flexibility index (Phi) is 4.10. The summed E-state index contributed by atoms with van der Waals surface area (Å²) in [5.74, 6) is -0.309. The van der Waals surface area contributed by atoms with Crippen LogP contribution >= 0.6 is 0 Å². The van der Waals surface area contributed by atoms with Crippen molar-refractivity contribution in [3.8, 4) is 23.0 Å². The van der Waals surface area contributed by atoms with E-state index in [9.17, 15) is 4.79 Å². The molecule has 0 bridgehead atoms. The van der Waals surface area contributed by atoms with Crippen LogP contribution in [0.25, 0.3) is 28.0 Å². The molecule has 7 nitrogen and oxygen atoms in total. The highest BCUT2D eigenvalue weighted by atomic mass is 19.1. The molecule has 35 heavy (non-hydrogen) atoms. The Morgan fingerprint density at radius 1 is 0.886 bits per heavy atom. The number of para-hydroxylation sites is 1. The zero-order valence-corrected chi connectivity index (χ0v) is 18.1. The van der Waals surface area contributed by atoms with Crippen LogP contribution in [0, 0.1) is 5.82 Å². The molecule has 4 heterocycles. The van der Waals surface area contributed by atoms with Gasteiger partial charge >= 0.3 is 5.63 Å². The van der Waals surface area contributed by atoms with Crippen LogP contribution < -0.4 is 10.4 Å². The number of nitrogens with zero attached hydrogens (tertiary/aromatic N) is 4. The van der Waals surface area contributed by atoms with Crippen molar-refractivity contribution >= 4 is 16.6 Å². The molecule has 0 saturated heterocycles. The van der Waals surface area contributed by atoms with Gasteiger partial charge < -0.3 is 9.15 Å². The van der Waals surface area contributed by atoms with Crippen molar-refractivity contribution in [3.05, 3.63) is 118 Å². The second-order valence-electron chi connectivity index (χ2n) is 8.22. The van der Waals surface area contributed by atoms with Gasteiger partial charge in [0, 0.05) is 11.1 Å². The third-order valence-electron chi connectivity index (χ3n) is 6.21. The van der Waals surface area contributed by atoms with Gasteiger partial charge in [-0.25, -0.2) is 23.7 Å². The average molecular weight is 462 g/mol. The van der Waals surface area contributed by atoms with Gasteiger partial charge in [0.15, 0.2) is 17.2 Å². The normalized spacial score (nSPS) is 14.5. The van der Waals surface area contributed by atoms with Crippen molar-refractivity contribution in [1.29, 1.82) is 0 Å². The molecule has 1 aliphatic rings. The Balaban J connectivity index is 1.58. The van der Waals surface area contributed by atoms with E-state index < -0.39 is 17.4 Å². The third kappa shape index (κ3) is 2.90. The maximum atomic E-state index is 15.2. The molecule has 1 unspecified atom stereocenters. The minimum atomic E-state index is -0.861. The number of halogens is 1. The van der Waals surface area contributed by atoms with Crippen LogP contribution in [0.4, 0.5) is 4.39 Å². The van der Waals surface area contributed by atoms with E-state index in [1.54, 1.807) is 36.4 Å². The monoisotopic (exact) mass is 462 g/mol. The van der Waals surface area contributed by atoms with Crippen LogP contribution in [0.1, 0.15) is 22.6 Å². The number of fused-ring (bicyclic) bond motifs is 6. The lowest BCUT2D eigenvalue weighted by molar-refractivity contribution is 0.420. The van der Waals surface area contributed by atoms with E-state index in [1.165, 1.54) is 16.9 Å². The van der Waals surface area contributed by atoms with E-state index in [1.807, 2.05) is 36.4 Å². The first-order chi connectivity index (χ1) is 17.2. The van der Waals surface area contributed by atoms with Crippen molar-refractivity contribution in [2.75, 3.05) is 0 Å². The fourth-order valence-corrected chi connectivity index (χ4v) is 4.66. The molecule has 0 fully saturated rings. The molecule has 7 rings (SSSR count). The van der Waals surface area contributed by atoms with E-state index >= 15 is 4.39 Å². The summed E-state index contributed by atoms with van der Waals surface area (Å²) in [6.45, 7) is 0. The summed E-state index contributed by atoms with van der Waals surface area (Å²) in [6.07, 6.45) is 1.50. The second kappa shape index (κ2) is 7.33. The predicted octanol–water partition coefficient (Wildman–Crippen LogP) is 5.32. The molecule has 0 aliphatic carbocycles. The van der Waals surface area contributed by atoms with Crippen LogP contribution in [0.3, 0.4) is 0 Å². The molecule has 0 saturated carbocycles. The van der Waals surface area contributed by atoms with Gasteiger partial charge in [0.25, 0.3) is 0 Å². The summed E-state index contributed by atoms with van der Waals surface area (Å²) in [5, 5.41) is 5.16. The second-order valence-corrected chi connectivity index (χ2v) is 8.22. The van der Waals surface area contributed by atoms with Crippen molar-refractivity contribution < 1.29 is 13.5 Å². The molecular formula is C27H15FN4O3. The molecule has 6 aromatic rings. The summed E-state index contributed by atoms with van der Waals surface area (Å²) >= 11 is 0. The predicted molar refractivity (Wildman–Crippen MR) is 126 cm³/mol. The maximum absolute atomic E-state index is 15.2. The van der Waals surface area contributed by atoms with Gasteiger partial charge in [-0.1, -0.05) is 60.7 Å². The average Bonchev–Trinajstić information content (AvgIpc) is 3.33. The number of benzene rings is 3. The Morgan fingerprint density at radius 2 is 1.66 bits per heavy atom. The van der Waals surface area contributed by atoms with Crippen LogP contribution in [-0.2, 0) is 0 Å². The Morgan fingerprint density at radius 3 is 2.51 bits per heavy atom. The van der Waals surface area contributed by atoms with Gasteiger partial charge in [0.2, 0.25) is 5.88 Å². The molecule has 168 valence electrons. The van der Waals surface area contributed by atoms with Crippen LogP contribution in [-0.4, -0.2) is 19.6 Å². The molecule has 3 aromatic heterocycles. The molecule has 8 heteroatoms. The molecule has 3 aromatic carbocycles. The first kappa shape index (κ1) is 19.6. The minimum absolute atomic E-state index is 0.195. The fourth-order valence-electron chi connectivity index (χ4n) is 4.66. The standard InChI is InChI=1S/C27H15FN4O3/c28-18-12-6-4-10-16(18)20-21-23(17-11-5-7-13-19(17)34-27(21)33)35-26-22(20)25-30-24(31-32(25)14-29-26)15-8-2-1-3-9-15/h1-14,20H. The smallest absolute Gasteiger partial charge is 0.344 e.